The second-order valence-corrected chi connectivity index (χ2v) is 5.68. The minimum absolute atomic E-state index is 0.235. The number of carbonyl (C=O) groups excluding carboxylic acids is 1. The molecule has 1 heterocycles. The maximum atomic E-state index is 12.1. The summed E-state index contributed by atoms with van der Waals surface area (Å²) < 4.78 is 0. The molecule has 1 N–H and O–H groups in total. The van der Waals surface area contributed by atoms with Crippen LogP contribution in [0.25, 0.3) is 0 Å². The van der Waals surface area contributed by atoms with Crippen LogP contribution in [0.1, 0.15) is 30.9 Å². The molecule has 0 bridgehead atoms. The Morgan fingerprint density at radius 2 is 2.32 bits per heavy atom. The minimum atomic E-state index is 0.235. The molecule has 1 amide bonds. The van der Waals surface area contributed by atoms with Crippen molar-refractivity contribution in [2.24, 2.45) is 5.92 Å². The second-order valence-electron chi connectivity index (χ2n) is 5.68. The molecule has 2 rings (SSSR count). The third-order valence-electron chi connectivity index (χ3n) is 3.70. The molecule has 3 nitrogen and oxygen atoms in total. The highest BCUT2D eigenvalue weighted by Crippen LogP contribution is 2.15. The number of amides is 1. The number of hydrogen-bond acceptors (Lipinski definition) is 2. The molecule has 104 valence electrons. The quantitative estimate of drug-likeness (QED) is 0.901. The third-order valence-corrected chi connectivity index (χ3v) is 3.70. The molecule has 1 aromatic carbocycles. The van der Waals surface area contributed by atoms with Gasteiger partial charge in [-0.25, -0.2) is 0 Å². The van der Waals surface area contributed by atoms with Gasteiger partial charge in [0.15, 0.2) is 0 Å². The minimum Gasteiger partial charge on any atom is -0.341 e. The lowest BCUT2D eigenvalue weighted by atomic mass is 10.0. The van der Waals surface area contributed by atoms with Gasteiger partial charge in [0.05, 0.1) is 6.54 Å². The van der Waals surface area contributed by atoms with Crippen molar-refractivity contribution in [3.8, 4) is 0 Å². The summed E-state index contributed by atoms with van der Waals surface area (Å²) >= 11 is 0. The molecular weight excluding hydrogens is 236 g/mol. The standard InChI is InChI=1S/C16H24N2O/c1-13-5-3-7-15(9-13)10-17-11-16(19)18-8-4-6-14(2)12-18/h3,5,7,9,14,17H,4,6,8,10-12H2,1-2H3. The molecule has 1 unspecified atom stereocenters. The maximum Gasteiger partial charge on any atom is 0.236 e. The molecule has 1 fully saturated rings. The van der Waals surface area contributed by atoms with Crippen LogP contribution in [0.3, 0.4) is 0 Å². The highest BCUT2D eigenvalue weighted by molar-refractivity contribution is 5.78. The molecule has 1 atom stereocenters. The van der Waals surface area contributed by atoms with Gasteiger partial charge in [0.2, 0.25) is 5.91 Å². The van der Waals surface area contributed by atoms with Crippen molar-refractivity contribution < 1.29 is 4.79 Å². The first-order chi connectivity index (χ1) is 9.15. The zero-order valence-corrected chi connectivity index (χ0v) is 12.0. The summed E-state index contributed by atoms with van der Waals surface area (Å²) in [6, 6.07) is 8.39. The van der Waals surface area contributed by atoms with Crippen LogP contribution in [0.4, 0.5) is 0 Å². The summed E-state index contributed by atoms with van der Waals surface area (Å²) in [7, 11) is 0. The van der Waals surface area contributed by atoms with Crippen LogP contribution < -0.4 is 5.32 Å². The Morgan fingerprint density at radius 1 is 1.47 bits per heavy atom. The van der Waals surface area contributed by atoms with E-state index in [9.17, 15) is 4.79 Å². The van der Waals surface area contributed by atoms with Gasteiger partial charge in [-0.1, -0.05) is 36.8 Å². The van der Waals surface area contributed by atoms with E-state index >= 15 is 0 Å². The van der Waals surface area contributed by atoms with E-state index in [1.54, 1.807) is 0 Å². The van der Waals surface area contributed by atoms with E-state index in [0.717, 1.165) is 26.1 Å². The molecule has 1 aromatic rings. The summed E-state index contributed by atoms with van der Waals surface area (Å²) in [5.74, 6) is 0.883. The number of rotatable bonds is 4. The monoisotopic (exact) mass is 260 g/mol. The Labute approximate surface area is 116 Å². The summed E-state index contributed by atoms with van der Waals surface area (Å²) in [5, 5.41) is 3.25. The van der Waals surface area contributed by atoms with Gasteiger partial charge in [-0.2, -0.15) is 0 Å². The van der Waals surface area contributed by atoms with Gasteiger partial charge in [0.25, 0.3) is 0 Å². The van der Waals surface area contributed by atoms with Gasteiger partial charge >= 0.3 is 0 Å². The lowest BCUT2D eigenvalue weighted by molar-refractivity contribution is -0.131. The van der Waals surface area contributed by atoms with Gasteiger partial charge in [0, 0.05) is 19.6 Å². The molecule has 0 aromatic heterocycles. The van der Waals surface area contributed by atoms with Crippen LogP contribution in [-0.4, -0.2) is 30.4 Å². The van der Waals surface area contributed by atoms with Crippen molar-refractivity contribution in [2.75, 3.05) is 19.6 Å². The van der Waals surface area contributed by atoms with Gasteiger partial charge in [0.1, 0.15) is 0 Å². The molecule has 0 saturated carbocycles. The Morgan fingerprint density at radius 3 is 3.05 bits per heavy atom. The predicted octanol–water partition coefficient (Wildman–Crippen LogP) is 2.34. The number of benzene rings is 1. The number of carbonyl (C=O) groups is 1. The molecule has 0 spiro atoms. The van der Waals surface area contributed by atoms with E-state index in [1.807, 2.05) is 4.90 Å². The average molecular weight is 260 g/mol. The van der Waals surface area contributed by atoms with Gasteiger partial charge in [-0.3, -0.25) is 4.79 Å². The number of aryl methyl sites for hydroxylation is 1. The first-order valence-electron chi connectivity index (χ1n) is 7.19. The molecule has 1 aliphatic heterocycles. The number of nitrogens with zero attached hydrogens (tertiary/aromatic N) is 1. The van der Waals surface area contributed by atoms with Gasteiger partial charge in [-0.05, 0) is 31.2 Å². The fourth-order valence-corrected chi connectivity index (χ4v) is 2.66. The predicted molar refractivity (Wildman–Crippen MR) is 77.9 cm³/mol. The average Bonchev–Trinajstić information content (AvgIpc) is 2.38. The van der Waals surface area contributed by atoms with Gasteiger partial charge in [-0.15, -0.1) is 0 Å². The second kappa shape index (κ2) is 6.71. The molecule has 1 saturated heterocycles. The van der Waals surface area contributed by atoms with Crippen LogP contribution in [0, 0.1) is 12.8 Å². The van der Waals surface area contributed by atoms with Crippen LogP contribution >= 0.6 is 0 Å². The van der Waals surface area contributed by atoms with Crippen LogP contribution in [0.5, 0.6) is 0 Å². The van der Waals surface area contributed by atoms with Crippen molar-refractivity contribution in [2.45, 2.75) is 33.2 Å². The van der Waals surface area contributed by atoms with Crippen LogP contribution in [0.15, 0.2) is 24.3 Å². The molecule has 19 heavy (non-hydrogen) atoms. The van der Waals surface area contributed by atoms with Gasteiger partial charge < -0.3 is 10.2 Å². The Kier molecular flexibility index (Phi) is 4.97. The van der Waals surface area contributed by atoms with Crippen molar-refractivity contribution in [1.29, 1.82) is 0 Å². The third kappa shape index (κ3) is 4.35. The topological polar surface area (TPSA) is 32.3 Å². The fraction of sp³-hybridized carbons (Fsp3) is 0.562. The maximum absolute atomic E-state index is 12.1. The van der Waals surface area contributed by atoms with E-state index in [2.05, 4.69) is 43.4 Å². The van der Waals surface area contributed by atoms with Crippen LogP contribution in [0.2, 0.25) is 0 Å². The Balaban J connectivity index is 1.74. The SMILES string of the molecule is Cc1cccc(CNCC(=O)N2CCCC(C)C2)c1. The first kappa shape index (κ1) is 14.1. The zero-order chi connectivity index (χ0) is 13.7. The first-order valence-corrected chi connectivity index (χ1v) is 7.19. The van der Waals surface area contributed by atoms with Crippen molar-refractivity contribution in [1.82, 2.24) is 10.2 Å². The number of piperidine rings is 1. The van der Waals surface area contributed by atoms with E-state index in [-0.39, 0.29) is 5.91 Å². The van der Waals surface area contributed by atoms with Crippen LogP contribution in [-0.2, 0) is 11.3 Å². The molecule has 0 aliphatic carbocycles. The summed E-state index contributed by atoms with van der Waals surface area (Å²) in [6.07, 6.45) is 2.39. The largest absolute Gasteiger partial charge is 0.341 e. The summed E-state index contributed by atoms with van der Waals surface area (Å²) in [5.41, 5.74) is 2.50. The smallest absolute Gasteiger partial charge is 0.236 e. The van der Waals surface area contributed by atoms with E-state index < -0.39 is 0 Å². The number of hydrogen-bond donors (Lipinski definition) is 1. The number of nitrogens with one attached hydrogen (secondary N) is 1. The van der Waals surface area contributed by atoms with Crippen molar-refractivity contribution in [3.63, 3.8) is 0 Å². The lowest BCUT2D eigenvalue weighted by Gasteiger charge is -2.31. The zero-order valence-electron chi connectivity index (χ0n) is 12.0. The normalized spacial score (nSPS) is 19.5. The highest BCUT2D eigenvalue weighted by Gasteiger charge is 2.20. The Bertz CT molecular complexity index is 431. The molecule has 1 aliphatic rings. The summed E-state index contributed by atoms with van der Waals surface area (Å²) in [4.78, 5) is 14.1. The van der Waals surface area contributed by atoms with E-state index in [1.165, 1.54) is 17.5 Å². The molecule has 0 radical (unpaired) electrons. The van der Waals surface area contributed by atoms with Crippen molar-refractivity contribution in [3.05, 3.63) is 35.4 Å². The molecule has 3 heteroatoms. The lowest BCUT2D eigenvalue weighted by Crippen LogP contribution is -2.43. The molecular formula is C16H24N2O. The van der Waals surface area contributed by atoms with E-state index in [0.29, 0.717) is 12.5 Å². The van der Waals surface area contributed by atoms with Crippen molar-refractivity contribution >= 4 is 5.91 Å². The Hall–Kier alpha value is -1.35. The highest BCUT2D eigenvalue weighted by atomic mass is 16.2. The summed E-state index contributed by atoms with van der Waals surface area (Å²) in [6.45, 7) is 7.36. The number of likely N-dealkylation sites (tertiary alicyclic amines) is 1. The van der Waals surface area contributed by atoms with E-state index in [4.69, 9.17) is 0 Å². The fourth-order valence-electron chi connectivity index (χ4n) is 2.66.